The number of alkyl halides is 3. The van der Waals surface area contributed by atoms with Gasteiger partial charge in [-0.2, -0.15) is 13.2 Å². The van der Waals surface area contributed by atoms with Gasteiger partial charge in [0.1, 0.15) is 5.75 Å². The van der Waals surface area contributed by atoms with Gasteiger partial charge < -0.3 is 10.4 Å². The number of nitrogens with zero attached hydrogens (tertiary/aromatic N) is 1. The smallest absolute Gasteiger partial charge is 0.416 e. The predicted molar refractivity (Wildman–Crippen MR) is 92.8 cm³/mol. The molecular formula is C14H20BrCl2F3N2O. The lowest BCUT2D eigenvalue weighted by Gasteiger charge is -2.36. The highest BCUT2D eigenvalue weighted by Gasteiger charge is 2.38. The lowest BCUT2D eigenvalue weighted by molar-refractivity contribution is -0.139. The minimum absolute atomic E-state index is 0. The second-order valence-electron chi connectivity index (χ2n) is 5.07. The number of aromatic hydroxyl groups is 1. The number of rotatable bonds is 3. The molecule has 134 valence electrons. The van der Waals surface area contributed by atoms with E-state index in [0.29, 0.717) is 24.0 Å². The number of hydrogen-bond acceptors (Lipinski definition) is 3. The third-order valence-corrected chi connectivity index (χ3v) is 4.43. The van der Waals surface area contributed by atoms with Gasteiger partial charge in [-0.15, -0.1) is 24.8 Å². The SMILES string of the molecule is CC[C@H](c1c(C(F)(F)F)ccc(Br)c1O)N1CCNCC1.Cl.Cl. The molecule has 2 rings (SSSR count). The average Bonchev–Trinajstić information content (AvgIpc) is 2.44. The van der Waals surface area contributed by atoms with E-state index in [9.17, 15) is 18.3 Å². The van der Waals surface area contributed by atoms with Crippen LogP contribution in [0.3, 0.4) is 0 Å². The van der Waals surface area contributed by atoms with Crippen LogP contribution < -0.4 is 5.32 Å². The predicted octanol–water partition coefficient (Wildman–Crippen LogP) is 4.37. The first-order valence-corrected chi connectivity index (χ1v) is 7.69. The zero-order chi connectivity index (χ0) is 15.6. The van der Waals surface area contributed by atoms with Crippen LogP contribution in [-0.2, 0) is 6.18 Å². The minimum atomic E-state index is -4.48. The summed E-state index contributed by atoms with van der Waals surface area (Å²) < 4.78 is 40.1. The molecule has 1 atom stereocenters. The van der Waals surface area contributed by atoms with Crippen LogP contribution in [-0.4, -0.2) is 36.2 Å². The van der Waals surface area contributed by atoms with Gasteiger partial charge >= 0.3 is 6.18 Å². The van der Waals surface area contributed by atoms with Crippen LogP contribution in [0.15, 0.2) is 16.6 Å². The summed E-state index contributed by atoms with van der Waals surface area (Å²) in [5.41, 5.74) is -0.783. The Morgan fingerprint density at radius 3 is 2.30 bits per heavy atom. The average molecular weight is 440 g/mol. The molecule has 0 amide bonds. The van der Waals surface area contributed by atoms with Gasteiger partial charge in [-0.25, -0.2) is 0 Å². The van der Waals surface area contributed by atoms with Crippen molar-refractivity contribution >= 4 is 40.7 Å². The first-order valence-electron chi connectivity index (χ1n) is 6.89. The molecule has 0 spiro atoms. The molecule has 1 aliphatic rings. The number of phenols is 1. The van der Waals surface area contributed by atoms with Crippen molar-refractivity contribution in [3.05, 3.63) is 27.7 Å². The Hall–Kier alpha value is -0.210. The van der Waals surface area contributed by atoms with E-state index >= 15 is 0 Å². The molecule has 0 bridgehead atoms. The quantitative estimate of drug-likeness (QED) is 0.733. The van der Waals surface area contributed by atoms with E-state index in [2.05, 4.69) is 21.2 Å². The molecule has 1 saturated heterocycles. The summed E-state index contributed by atoms with van der Waals surface area (Å²) in [6.45, 7) is 4.66. The zero-order valence-corrected chi connectivity index (χ0v) is 15.7. The first kappa shape index (κ1) is 22.8. The number of hydrogen-bond donors (Lipinski definition) is 2. The van der Waals surface area contributed by atoms with Gasteiger partial charge in [0.05, 0.1) is 10.0 Å². The van der Waals surface area contributed by atoms with Crippen molar-refractivity contribution in [1.82, 2.24) is 10.2 Å². The van der Waals surface area contributed by atoms with E-state index in [1.807, 2.05) is 11.8 Å². The summed E-state index contributed by atoms with van der Waals surface area (Å²) in [7, 11) is 0. The highest BCUT2D eigenvalue weighted by atomic mass is 79.9. The zero-order valence-electron chi connectivity index (χ0n) is 12.5. The van der Waals surface area contributed by atoms with Gasteiger partial charge in [0, 0.05) is 37.8 Å². The second kappa shape index (κ2) is 9.32. The van der Waals surface area contributed by atoms with Gasteiger partial charge in [0.15, 0.2) is 0 Å². The van der Waals surface area contributed by atoms with Gasteiger partial charge in [-0.3, -0.25) is 4.90 Å². The molecule has 0 saturated carbocycles. The van der Waals surface area contributed by atoms with Crippen molar-refractivity contribution in [1.29, 1.82) is 0 Å². The molecule has 3 nitrogen and oxygen atoms in total. The standard InChI is InChI=1S/C14H18BrF3N2O.2ClH/c1-2-11(20-7-5-19-6-8-20)12-9(14(16,17)18)3-4-10(15)13(12)21;;/h3-4,11,19,21H,2,5-8H2,1H3;2*1H/t11-;;/m1../s1. The van der Waals surface area contributed by atoms with E-state index in [-0.39, 0.29) is 36.1 Å². The molecule has 1 heterocycles. The molecule has 1 aliphatic heterocycles. The van der Waals surface area contributed by atoms with Crippen LogP contribution in [0.25, 0.3) is 0 Å². The number of piperazine rings is 1. The molecule has 0 aromatic heterocycles. The molecule has 1 fully saturated rings. The van der Waals surface area contributed by atoms with Crippen LogP contribution in [0.4, 0.5) is 13.2 Å². The van der Waals surface area contributed by atoms with Gasteiger partial charge in [0.2, 0.25) is 0 Å². The Morgan fingerprint density at radius 1 is 1.26 bits per heavy atom. The van der Waals surface area contributed by atoms with E-state index in [1.165, 1.54) is 6.07 Å². The molecular weight excluding hydrogens is 420 g/mol. The summed E-state index contributed by atoms with van der Waals surface area (Å²) >= 11 is 3.12. The monoisotopic (exact) mass is 438 g/mol. The molecule has 0 aliphatic carbocycles. The normalized spacial score (nSPS) is 17.1. The Balaban J connectivity index is 0.00000242. The molecule has 9 heteroatoms. The fourth-order valence-electron chi connectivity index (χ4n) is 2.80. The van der Waals surface area contributed by atoms with Crippen molar-refractivity contribution in [2.45, 2.75) is 25.6 Å². The molecule has 23 heavy (non-hydrogen) atoms. The number of benzene rings is 1. The van der Waals surface area contributed by atoms with Crippen molar-refractivity contribution < 1.29 is 18.3 Å². The third-order valence-electron chi connectivity index (χ3n) is 3.79. The third kappa shape index (κ3) is 5.13. The summed E-state index contributed by atoms with van der Waals surface area (Å²) in [5, 5.41) is 13.4. The van der Waals surface area contributed by atoms with E-state index < -0.39 is 17.8 Å². The summed E-state index contributed by atoms with van der Waals surface area (Å²) in [5.74, 6) is -0.310. The van der Waals surface area contributed by atoms with Crippen LogP contribution in [0.2, 0.25) is 0 Å². The lowest BCUT2D eigenvalue weighted by atomic mass is 9.95. The van der Waals surface area contributed by atoms with Crippen molar-refractivity contribution in [2.75, 3.05) is 26.2 Å². The molecule has 0 unspecified atom stereocenters. The maximum atomic E-state index is 13.3. The maximum absolute atomic E-state index is 13.3. The maximum Gasteiger partial charge on any atom is 0.416 e. The van der Waals surface area contributed by atoms with Crippen molar-refractivity contribution in [2.24, 2.45) is 0 Å². The second-order valence-corrected chi connectivity index (χ2v) is 5.92. The summed E-state index contributed by atoms with van der Waals surface area (Å²) in [6.07, 6.45) is -3.97. The van der Waals surface area contributed by atoms with Crippen molar-refractivity contribution in [3.63, 3.8) is 0 Å². The fourth-order valence-corrected chi connectivity index (χ4v) is 3.15. The van der Waals surface area contributed by atoms with Crippen LogP contribution in [0.1, 0.15) is 30.5 Å². The minimum Gasteiger partial charge on any atom is -0.506 e. The fraction of sp³-hybridized carbons (Fsp3) is 0.571. The Labute approximate surface area is 154 Å². The lowest BCUT2D eigenvalue weighted by Crippen LogP contribution is -2.45. The summed E-state index contributed by atoms with van der Waals surface area (Å²) in [4.78, 5) is 1.99. The first-order chi connectivity index (χ1) is 9.86. The van der Waals surface area contributed by atoms with Crippen LogP contribution in [0.5, 0.6) is 5.75 Å². The van der Waals surface area contributed by atoms with Gasteiger partial charge in [0.25, 0.3) is 0 Å². The highest BCUT2D eigenvalue weighted by Crippen LogP contribution is 2.44. The summed E-state index contributed by atoms with van der Waals surface area (Å²) in [6, 6.07) is 1.83. The number of halogens is 6. The van der Waals surface area contributed by atoms with Gasteiger partial charge in [-0.05, 0) is 34.5 Å². The van der Waals surface area contributed by atoms with Gasteiger partial charge in [-0.1, -0.05) is 6.92 Å². The molecule has 1 aromatic rings. The molecule has 1 aromatic carbocycles. The molecule has 0 radical (unpaired) electrons. The van der Waals surface area contributed by atoms with E-state index in [1.54, 1.807) is 0 Å². The van der Waals surface area contributed by atoms with E-state index in [0.717, 1.165) is 19.2 Å². The highest BCUT2D eigenvalue weighted by molar-refractivity contribution is 9.10. The van der Waals surface area contributed by atoms with Crippen LogP contribution >= 0.6 is 40.7 Å². The Kier molecular flexibility index (Phi) is 9.23. The topological polar surface area (TPSA) is 35.5 Å². The van der Waals surface area contributed by atoms with Crippen molar-refractivity contribution in [3.8, 4) is 5.75 Å². The number of nitrogens with one attached hydrogen (secondary N) is 1. The Morgan fingerprint density at radius 2 is 1.83 bits per heavy atom. The molecule has 2 N–H and O–H groups in total. The van der Waals surface area contributed by atoms with Crippen LogP contribution in [0, 0.1) is 0 Å². The largest absolute Gasteiger partial charge is 0.506 e. The van der Waals surface area contributed by atoms with E-state index in [4.69, 9.17) is 0 Å². The Bertz CT molecular complexity index is 512. The number of phenolic OH excluding ortho intramolecular Hbond substituents is 1.